The first-order valence-electron chi connectivity index (χ1n) is 11.0. The molecule has 6 heteroatoms. The van der Waals surface area contributed by atoms with E-state index in [-0.39, 0.29) is 5.91 Å². The summed E-state index contributed by atoms with van der Waals surface area (Å²) in [6, 6.07) is 22.1. The summed E-state index contributed by atoms with van der Waals surface area (Å²) in [7, 11) is 0. The Labute approximate surface area is 193 Å². The average Bonchev–Trinajstić information content (AvgIpc) is 3.16. The lowest BCUT2D eigenvalue weighted by atomic mass is 10.1. The van der Waals surface area contributed by atoms with Gasteiger partial charge in [0.1, 0.15) is 5.52 Å². The third kappa shape index (κ3) is 5.56. The summed E-state index contributed by atoms with van der Waals surface area (Å²) in [5.74, 6) is 1.40. The molecular formula is C26H28N4OS. The maximum Gasteiger partial charge on any atom is 0.251 e. The molecule has 0 spiro atoms. The van der Waals surface area contributed by atoms with Crippen molar-refractivity contribution in [3.63, 3.8) is 0 Å². The molecule has 0 aliphatic carbocycles. The van der Waals surface area contributed by atoms with E-state index in [0.29, 0.717) is 24.6 Å². The van der Waals surface area contributed by atoms with Crippen molar-refractivity contribution in [3.8, 4) is 0 Å². The van der Waals surface area contributed by atoms with Gasteiger partial charge >= 0.3 is 0 Å². The van der Waals surface area contributed by atoms with Crippen molar-refractivity contribution >= 4 is 28.8 Å². The molecule has 2 aromatic heterocycles. The van der Waals surface area contributed by atoms with Crippen LogP contribution in [0, 0.1) is 5.92 Å². The van der Waals surface area contributed by atoms with E-state index in [1.165, 1.54) is 5.56 Å². The van der Waals surface area contributed by atoms with E-state index in [9.17, 15) is 4.79 Å². The van der Waals surface area contributed by atoms with Crippen molar-refractivity contribution in [3.05, 3.63) is 89.6 Å². The van der Waals surface area contributed by atoms with Gasteiger partial charge in [0.05, 0.1) is 6.54 Å². The van der Waals surface area contributed by atoms with E-state index in [0.717, 1.165) is 34.1 Å². The fourth-order valence-corrected chi connectivity index (χ4v) is 4.39. The molecule has 164 valence electrons. The van der Waals surface area contributed by atoms with Gasteiger partial charge in [-0.3, -0.25) is 9.36 Å². The van der Waals surface area contributed by atoms with Gasteiger partial charge in [-0.25, -0.2) is 9.97 Å². The second-order valence-corrected chi connectivity index (χ2v) is 9.18. The van der Waals surface area contributed by atoms with Crippen molar-refractivity contribution < 1.29 is 4.79 Å². The number of nitrogens with zero attached hydrogens (tertiary/aromatic N) is 3. The minimum atomic E-state index is -0.0222. The highest BCUT2D eigenvalue weighted by atomic mass is 32.2. The summed E-state index contributed by atoms with van der Waals surface area (Å²) in [6.07, 6.45) is 2.78. The molecule has 2 heterocycles. The molecule has 0 saturated heterocycles. The summed E-state index contributed by atoms with van der Waals surface area (Å²) >= 11 is 1.71. The molecule has 0 aliphatic rings. The van der Waals surface area contributed by atoms with Crippen LogP contribution in [0.1, 0.15) is 41.8 Å². The molecule has 32 heavy (non-hydrogen) atoms. The number of carbonyl (C=O) groups is 1. The van der Waals surface area contributed by atoms with E-state index in [2.05, 4.69) is 53.0 Å². The Hall–Kier alpha value is -3.12. The predicted molar refractivity (Wildman–Crippen MR) is 131 cm³/mol. The van der Waals surface area contributed by atoms with Crippen molar-refractivity contribution in [1.82, 2.24) is 19.9 Å². The van der Waals surface area contributed by atoms with E-state index in [1.807, 2.05) is 42.5 Å². The van der Waals surface area contributed by atoms with Crippen molar-refractivity contribution in [2.45, 2.75) is 37.7 Å². The number of fused-ring (bicyclic) bond motifs is 1. The number of carbonyl (C=O) groups excluding carboxylic acids is 1. The molecule has 5 nitrogen and oxygen atoms in total. The maximum atomic E-state index is 12.4. The summed E-state index contributed by atoms with van der Waals surface area (Å²) < 4.78 is 2.15. The van der Waals surface area contributed by atoms with Gasteiger partial charge in [0.2, 0.25) is 0 Å². The van der Waals surface area contributed by atoms with E-state index in [1.54, 1.807) is 18.0 Å². The van der Waals surface area contributed by atoms with Crippen LogP contribution in [0.3, 0.4) is 0 Å². The number of rotatable bonds is 9. The van der Waals surface area contributed by atoms with Crippen LogP contribution in [-0.2, 0) is 12.3 Å². The minimum Gasteiger partial charge on any atom is -0.352 e. The number of nitrogens with one attached hydrogen (secondary N) is 1. The topological polar surface area (TPSA) is 59.8 Å². The monoisotopic (exact) mass is 444 g/mol. The molecule has 0 aliphatic heterocycles. The zero-order chi connectivity index (χ0) is 22.3. The van der Waals surface area contributed by atoms with E-state index >= 15 is 0 Å². The molecule has 0 radical (unpaired) electrons. The quantitative estimate of drug-likeness (QED) is 0.344. The lowest BCUT2D eigenvalue weighted by molar-refractivity contribution is 0.0952. The van der Waals surface area contributed by atoms with Gasteiger partial charge in [-0.05, 0) is 47.7 Å². The number of amides is 1. The Bertz CT molecular complexity index is 1170. The summed E-state index contributed by atoms with van der Waals surface area (Å²) in [4.78, 5) is 21.8. The number of aromatic nitrogens is 3. The summed E-state index contributed by atoms with van der Waals surface area (Å²) in [5, 5.41) is 3.94. The average molecular weight is 445 g/mol. The van der Waals surface area contributed by atoms with Gasteiger partial charge in [0.25, 0.3) is 5.91 Å². The number of hydrogen-bond acceptors (Lipinski definition) is 4. The third-order valence-electron chi connectivity index (χ3n) is 5.24. The Morgan fingerprint density at radius 3 is 2.53 bits per heavy atom. The molecule has 0 saturated carbocycles. The van der Waals surface area contributed by atoms with E-state index in [4.69, 9.17) is 4.98 Å². The second-order valence-electron chi connectivity index (χ2n) is 8.24. The molecule has 4 aromatic rings. The fourth-order valence-electron chi connectivity index (χ4n) is 3.43. The van der Waals surface area contributed by atoms with Crippen LogP contribution in [0.2, 0.25) is 0 Å². The predicted octanol–water partition coefficient (Wildman–Crippen LogP) is 5.55. The molecule has 1 amide bonds. The lowest BCUT2D eigenvalue weighted by Gasteiger charge is -2.10. The van der Waals surface area contributed by atoms with Gasteiger partial charge < -0.3 is 5.32 Å². The number of benzene rings is 2. The zero-order valence-electron chi connectivity index (χ0n) is 18.5. The molecule has 1 N–H and O–H groups in total. The largest absolute Gasteiger partial charge is 0.352 e. The minimum absolute atomic E-state index is 0.0222. The van der Waals surface area contributed by atoms with Crippen molar-refractivity contribution in [2.75, 3.05) is 6.54 Å². The van der Waals surface area contributed by atoms with Gasteiger partial charge in [-0.1, -0.05) is 68.1 Å². The zero-order valence-corrected chi connectivity index (χ0v) is 19.3. The second kappa shape index (κ2) is 10.5. The van der Waals surface area contributed by atoms with Crippen LogP contribution in [0.5, 0.6) is 0 Å². The number of thioether (sulfide) groups is 1. The molecule has 4 rings (SSSR count). The SMILES string of the molecule is CC(C)CCNC(=O)c1ccc(Cn2c(SCc3ccccc3)nc3cccnc32)cc1. The number of imidazole rings is 1. The Morgan fingerprint density at radius 1 is 1.00 bits per heavy atom. The lowest BCUT2D eigenvalue weighted by Crippen LogP contribution is -2.25. The fraction of sp³-hybridized carbons (Fsp3) is 0.269. The Kier molecular flexibility index (Phi) is 7.22. The molecule has 0 fully saturated rings. The van der Waals surface area contributed by atoms with Crippen LogP contribution in [-0.4, -0.2) is 27.0 Å². The van der Waals surface area contributed by atoms with Gasteiger partial charge in [0, 0.05) is 24.1 Å². The van der Waals surface area contributed by atoms with Crippen molar-refractivity contribution in [1.29, 1.82) is 0 Å². The number of pyridine rings is 1. The highest BCUT2D eigenvalue weighted by molar-refractivity contribution is 7.98. The Balaban J connectivity index is 1.50. The van der Waals surface area contributed by atoms with Gasteiger partial charge in [0.15, 0.2) is 10.8 Å². The molecular weight excluding hydrogens is 416 g/mol. The van der Waals surface area contributed by atoms with Gasteiger partial charge in [-0.2, -0.15) is 0 Å². The first-order chi connectivity index (χ1) is 15.6. The first kappa shape index (κ1) is 22.1. The normalized spacial score (nSPS) is 11.2. The van der Waals surface area contributed by atoms with Crippen LogP contribution in [0.4, 0.5) is 0 Å². The molecule has 0 bridgehead atoms. The van der Waals surface area contributed by atoms with Crippen LogP contribution in [0.25, 0.3) is 11.2 Å². The summed E-state index contributed by atoms with van der Waals surface area (Å²) in [6.45, 7) is 5.66. The highest BCUT2D eigenvalue weighted by Crippen LogP contribution is 2.27. The van der Waals surface area contributed by atoms with Crippen molar-refractivity contribution in [2.24, 2.45) is 5.92 Å². The maximum absolute atomic E-state index is 12.4. The highest BCUT2D eigenvalue weighted by Gasteiger charge is 2.13. The van der Waals surface area contributed by atoms with Crippen LogP contribution < -0.4 is 5.32 Å². The van der Waals surface area contributed by atoms with E-state index < -0.39 is 0 Å². The standard InChI is InChI=1S/C26H28N4OS/c1-19(2)14-16-28-25(31)22-12-10-20(11-13-22)17-30-24-23(9-6-15-27-24)29-26(30)32-18-21-7-4-3-5-8-21/h3-13,15,19H,14,16-18H2,1-2H3,(H,28,31). The molecule has 2 aromatic carbocycles. The summed E-state index contributed by atoms with van der Waals surface area (Å²) in [5.41, 5.74) is 4.82. The van der Waals surface area contributed by atoms with Gasteiger partial charge in [-0.15, -0.1) is 0 Å². The third-order valence-corrected chi connectivity index (χ3v) is 6.29. The molecule has 0 atom stereocenters. The first-order valence-corrected chi connectivity index (χ1v) is 11.9. The van der Waals surface area contributed by atoms with Crippen LogP contribution in [0.15, 0.2) is 78.1 Å². The number of hydrogen-bond donors (Lipinski definition) is 1. The smallest absolute Gasteiger partial charge is 0.251 e. The van der Waals surface area contributed by atoms with Crippen LogP contribution >= 0.6 is 11.8 Å². The Morgan fingerprint density at radius 2 is 1.78 bits per heavy atom. The molecule has 0 unspecified atom stereocenters.